The standard InChI is InChI=1S/C15H20BrNS/c1-4-10(3)14(17-5-2)12-9-18-15-11(12)7-6-8-13(15)16/h6-10,14,17H,4-5H2,1-3H3. The molecular weight excluding hydrogens is 306 g/mol. The highest BCUT2D eigenvalue weighted by Gasteiger charge is 2.20. The zero-order chi connectivity index (χ0) is 13.1. The van der Waals surface area contributed by atoms with Crippen LogP contribution in [-0.2, 0) is 0 Å². The van der Waals surface area contributed by atoms with Gasteiger partial charge < -0.3 is 5.32 Å². The van der Waals surface area contributed by atoms with Crippen LogP contribution in [0.2, 0.25) is 0 Å². The van der Waals surface area contributed by atoms with Crippen molar-refractivity contribution in [2.45, 2.75) is 33.2 Å². The highest BCUT2D eigenvalue weighted by molar-refractivity contribution is 9.10. The molecule has 0 saturated carbocycles. The number of rotatable bonds is 5. The Morgan fingerprint density at radius 2 is 2.11 bits per heavy atom. The van der Waals surface area contributed by atoms with Crippen LogP contribution < -0.4 is 5.32 Å². The second-order valence-corrected chi connectivity index (χ2v) is 6.46. The van der Waals surface area contributed by atoms with E-state index in [0.29, 0.717) is 12.0 Å². The zero-order valence-corrected chi connectivity index (χ0v) is 13.6. The van der Waals surface area contributed by atoms with Gasteiger partial charge in [0.1, 0.15) is 0 Å². The summed E-state index contributed by atoms with van der Waals surface area (Å²) in [6.45, 7) is 7.79. The molecule has 0 aliphatic rings. The Labute approximate surface area is 122 Å². The molecule has 3 heteroatoms. The molecule has 18 heavy (non-hydrogen) atoms. The summed E-state index contributed by atoms with van der Waals surface area (Å²) in [4.78, 5) is 0. The minimum absolute atomic E-state index is 0.461. The predicted molar refractivity (Wildman–Crippen MR) is 85.4 cm³/mol. The highest BCUT2D eigenvalue weighted by atomic mass is 79.9. The van der Waals surface area contributed by atoms with Crippen molar-refractivity contribution in [3.8, 4) is 0 Å². The molecule has 1 N–H and O–H groups in total. The maximum absolute atomic E-state index is 3.64. The van der Waals surface area contributed by atoms with Gasteiger partial charge >= 0.3 is 0 Å². The van der Waals surface area contributed by atoms with Crippen LogP contribution in [0.3, 0.4) is 0 Å². The molecule has 1 nitrogen and oxygen atoms in total. The highest BCUT2D eigenvalue weighted by Crippen LogP contribution is 2.37. The van der Waals surface area contributed by atoms with Gasteiger partial charge in [0.25, 0.3) is 0 Å². The van der Waals surface area contributed by atoms with Crippen molar-refractivity contribution in [2.75, 3.05) is 6.54 Å². The first-order chi connectivity index (χ1) is 8.69. The number of fused-ring (bicyclic) bond motifs is 1. The van der Waals surface area contributed by atoms with Crippen LogP contribution in [0.25, 0.3) is 10.1 Å². The summed E-state index contributed by atoms with van der Waals surface area (Å²) in [6.07, 6.45) is 1.20. The van der Waals surface area contributed by atoms with Gasteiger partial charge in [-0.2, -0.15) is 0 Å². The fourth-order valence-corrected chi connectivity index (χ4v) is 4.01. The van der Waals surface area contributed by atoms with E-state index in [-0.39, 0.29) is 0 Å². The minimum Gasteiger partial charge on any atom is -0.310 e. The first kappa shape index (κ1) is 14.0. The molecule has 2 unspecified atom stereocenters. The molecule has 2 atom stereocenters. The Morgan fingerprint density at radius 3 is 2.78 bits per heavy atom. The van der Waals surface area contributed by atoms with Gasteiger partial charge in [-0.05, 0) is 50.8 Å². The van der Waals surface area contributed by atoms with E-state index in [2.05, 4.69) is 65.6 Å². The number of thiophene rings is 1. The normalized spacial score (nSPS) is 14.9. The van der Waals surface area contributed by atoms with E-state index in [1.165, 1.54) is 26.5 Å². The lowest BCUT2D eigenvalue weighted by molar-refractivity contribution is 0.386. The van der Waals surface area contributed by atoms with Crippen LogP contribution in [0, 0.1) is 5.92 Å². The average Bonchev–Trinajstić information content (AvgIpc) is 2.80. The molecule has 2 rings (SSSR count). The average molecular weight is 326 g/mol. The quantitative estimate of drug-likeness (QED) is 0.780. The Hall–Kier alpha value is -0.380. The third-order valence-electron chi connectivity index (χ3n) is 3.55. The third-order valence-corrected chi connectivity index (χ3v) is 5.52. The van der Waals surface area contributed by atoms with Crippen LogP contribution >= 0.6 is 27.3 Å². The van der Waals surface area contributed by atoms with E-state index in [4.69, 9.17) is 0 Å². The second-order valence-electron chi connectivity index (χ2n) is 4.73. The first-order valence-electron chi connectivity index (χ1n) is 6.58. The Morgan fingerprint density at radius 1 is 1.33 bits per heavy atom. The van der Waals surface area contributed by atoms with Gasteiger partial charge in [0.05, 0.1) is 0 Å². The van der Waals surface area contributed by atoms with Gasteiger partial charge in [-0.3, -0.25) is 0 Å². The molecule has 1 aromatic carbocycles. The van der Waals surface area contributed by atoms with Crippen molar-refractivity contribution in [1.29, 1.82) is 0 Å². The van der Waals surface area contributed by atoms with E-state index in [0.717, 1.165) is 6.54 Å². The van der Waals surface area contributed by atoms with E-state index in [1.807, 2.05) is 11.3 Å². The summed E-state index contributed by atoms with van der Waals surface area (Å²) in [5, 5.41) is 7.34. The van der Waals surface area contributed by atoms with Gasteiger partial charge in [-0.25, -0.2) is 0 Å². The molecule has 1 heterocycles. The molecule has 0 radical (unpaired) electrons. The van der Waals surface area contributed by atoms with Gasteiger partial charge in [0.15, 0.2) is 0 Å². The first-order valence-corrected chi connectivity index (χ1v) is 8.25. The largest absolute Gasteiger partial charge is 0.310 e. The van der Waals surface area contributed by atoms with Crippen LogP contribution in [0.4, 0.5) is 0 Å². The topological polar surface area (TPSA) is 12.0 Å². The smallest absolute Gasteiger partial charge is 0.0488 e. The number of hydrogen-bond donors (Lipinski definition) is 1. The third kappa shape index (κ3) is 2.63. The molecule has 0 spiro atoms. The van der Waals surface area contributed by atoms with Gasteiger partial charge in [0, 0.05) is 15.2 Å². The number of nitrogens with one attached hydrogen (secondary N) is 1. The fourth-order valence-electron chi connectivity index (χ4n) is 2.36. The van der Waals surface area contributed by atoms with Crippen molar-refractivity contribution < 1.29 is 0 Å². The van der Waals surface area contributed by atoms with Gasteiger partial charge in [0.2, 0.25) is 0 Å². The number of halogens is 1. The van der Waals surface area contributed by atoms with Crippen LogP contribution in [0.15, 0.2) is 28.1 Å². The van der Waals surface area contributed by atoms with Crippen molar-refractivity contribution in [2.24, 2.45) is 5.92 Å². The van der Waals surface area contributed by atoms with E-state index in [1.54, 1.807) is 0 Å². The molecule has 98 valence electrons. The van der Waals surface area contributed by atoms with Crippen molar-refractivity contribution >= 4 is 37.4 Å². The van der Waals surface area contributed by atoms with E-state index >= 15 is 0 Å². The molecule has 0 fully saturated rings. The van der Waals surface area contributed by atoms with Crippen LogP contribution in [0.1, 0.15) is 38.8 Å². The van der Waals surface area contributed by atoms with E-state index < -0.39 is 0 Å². The van der Waals surface area contributed by atoms with Gasteiger partial charge in [-0.1, -0.05) is 39.3 Å². The molecule has 0 amide bonds. The van der Waals surface area contributed by atoms with E-state index in [9.17, 15) is 0 Å². The van der Waals surface area contributed by atoms with Crippen molar-refractivity contribution in [1.82, 2.24) is 5.32 Å². The molecule has 0 bridgehead atoms. The Balaban J connectivity index is 2.47. The summed E-state index contributed by atoms with van der Waals surface area (Å²) < 4.78 is 2.56. The minimum atomic E-state index is 0.461. The zero-order valence-electron chi connectivity index (χ0n) is 11.2. The summed E-state index contributed by atoms with van der Waals surface area (Å²) in [6, 6.07) is 6.94. The maximum atomic E-state index is 3.64. The summed E-state index contributed by atoms with van der Waals surface area (Å²) in [5.41, 5.74) is 1.45. The molecule has 0 aliphatic carbocycles. The van der Waals surface area contributed by atoms with Crippen LogP contribution in [-0.4, -0.2) is 6.54 Å². The lowest BCUT2D eigenvalue weighted by atomic mass is 9.92. The Bertz CT molecular complexity index is 520. The summed E-state index contributed by atoms with van der Waals surface area (Å²) in [7, 11) is 0. The maximum Gasteiger partial charge on any atom is 0.0488 e. The van der Waals surface area contributed by atoms with Crippen molar-refractivity contribution in [3.63, 3.8) is 0 Å². The molecule has 0 aliphatic heterocycles. The molecule has 0 saturated heterocycles. The second kappa shape index (κ2) is 6.18. The fraction of sp³-hybridized carbons (Fsp3) is 0.467. The lowest BCUT2D eigenvalue weighted by Crippen LogP contribution is -2.26. The predicted octanol–water partition coefficient (Wildman–Crippen LogP) is 5.36. The summed E-state index contributed by atoms with van der Waals surface area (Å²) >= 11 is 5.48. The number of benzene rings is 1. The Kier molecular flexibility index (Phi) is 4.82. The monoisotopic (exact) mass is 325 g/mol. The molecule has 1 aromatic heterocycles. The van der Waals surface area contributed by atoms with Crippen LogP contribution in [0.5, 0.6) is 0 Å². The SMILES string of the molecule is CCNC(c1csc2c(Br)cccc12)C(C)CC. The lowest BCUT2D eigenvalue weighted by Gasteiger charge is -2.23. The summed E-state index contributed by atoms with van der Waals surface area (Å²) in [5.74, 6) is 0.654. The van der Waals surface area contributed by atoms with Gasteiger partial charge in [-0.15, -0.1) is 11.3 Å². The number of hydrogen-bond acceptors (Lipinski definition) is 2. The molecule has 2 aromatic rings. The van der Waals surface area contributed by atoms with Crippen molar-refractivity contribution in [3.05, 3.63) is 33.6 Å². The molecular formula is C15H20BrNS.